The van der Waals surface area contributed by atoms with Gasteiger partial charge in [0.05, 0.1) is 23.9 Å². The third-order valence-corrected chi connectivity index (χ3v) is 8.56. The Morgan fingerprint density at radius 1 is 1.20 bits per heavy atom. The Balaban J connectivity index is 1.47. The molecule has 4 atom stereocenters. The van der Waals surface area contributed by atoms with Crippen LogP contribution in [0.1, 0.15) is 0 Å². The maximum atomic E-state index is 10.1. The molecular weight excluding hydrogens is 556 g/mol. The van der Waals surface area contributed by atoms with Gasteiger partial charge in [-0.15, -0.1) is 0 Å². The predicted molar refractivity (Wildman–Crippen MR) is 137 cm³/mol. The number of hydrogen-bond donors (Lipinski definition) is 1. The maximum absolute atomic E-state index is 10.1. The largest absolute Gasteiger partial charge is 0.456 e. The number of hydrogen-bond acceptors (Lipinski definition) is 8. The summed E-state index contributed by atoms with van der Waals surface area (Å²) in [6.07, 6.45) is -0.0899. The van der Waals surface area contributed by atoms with E-state index >= 15 is 0 Å². The number of pyridine rings is 2. The Morgan fingerprint density at radius 3 is 2.74 bits per heavy atom. The van der Waals surface area contributed by atoms with E-state index in [4.69, 9.17) is 35.5 Å². The zero-order valence-electron chi connectivity index (χ0n) is 19.8. The van der Waals surface area contributed by atoms with E-state index in [1.807, 2.05) is 16.7 Å². The van der Waals surface area contributed by atoms with Gasteiger partial charge in [-0.1, -0.05) is 31.2 Å². The summed E-state index contributed by atoms with van der Waals surface area (Å²) >= 11 is 9.95. The minimum Gasteiger partial charge on any atom is -0.456 e. The second kappa shape index (κ2) is 10.0. The molecule has 12 heteroatoms. The third-order valence-electron chi connectivity index (χ3n) is 6.10. The number of aliphatic hydroxyl groups is 1. The molecule has 0 radical (unpaired) electrons. The Kier molecular flexibility index (Phi) is 7.19. The number of rotatable bonds is 8. The van der Waals surface area contributed by atoms with E-state index < -0.39 is 26.4 Å². The second-order valence-electron chi connectivity index (χ2n) is 10.0. The van der Waals surface area contributed by atoms with Gasteiger partial charge in [0.1, 0.15) is 35.2 Å². The molecule has 2 aliphatic rings. The van der Waals surface area contributed by atoms with Crippen LogP contribution in [0.2, 0.25) is 30.7 Å². The molecule has 3 aromatic rings. The van der Waals surface area contributed by atoms with Crippen molar-refractivity contribution >= 4 is 46.8 Å². The van der Waals surface area contributed by atoms with Crippen LogP contribution in [0.4, 0.5) is 0 Å². The van der Waals surface area contributed by atoms with Crippen LogP contribution in [0.3, 0.4) is 0 Å². The van der Waals surface area contributed by atoms with Crippen LogP contribution >= 0.6 is 27.5 Å². The van der Waals surface area contributed by atoms with Crippen LogP contribution in [0.15, 0.2) is 29.0 Å². The number of nitrogens with zero attached hydrogens (tertiary/aromatic N) is 4. The molecule has 0 saturated carbocycles. The van der Waals surface area contributed by atoms with E-state index in [1.165, 1.54) is 0 Å². The van der Waals surface area contributed by atoms with Gasteiger partial charge in [-0.2, -0.15) is 4.98 Å². The van der Waals surface area contributed by atoms with Crippen molar-refractivity contribution in [3.63, 3.8) is 0 Å². The Morgan fingerprint density at radius 2 is 2.00 bits per heavy atom. The van der Waals surface area contributed by atoms with Crippen LogP contribution in [-0.4, -0.2) is 76.9 Å². The van der Waals surface area contributed by atoms with Crippen LogP contribution < -0.4 is 4.74 Å². The van der Waals surface area contributed by atoms with E-state index in [0.717, 1.165) is 16.2 Å². The van der Waals surface area contributed by atoms with Gasteiger partial charge in [0.15, 0.2) is 11.8 Å². The first-order valence-electron chi connectivity index (χ1n) is 11.5. The summed E-state index contributed by atoms with van der Waals surface area (Å²) in [5.41, 5.74) is 2.57. The summed E-state index contributed by atoms with van der Waals surface area (Å²) in [6, 6.07) is 6.91. The number of imidazole rings is 1. The lowest BCUT2D eigenvalue weighted by Crippen LogP contribution is -2.35. The van der Waals surface area contributed by atoms with Gasteiger partial charge < -0.3 is 24.1 Å². The summed E-state index contributed by atoms with van der Waals surface area (Å²) in [5.74, 6) is 0. The van der Waals surface area contributed by atoms with Gasteiger partial charge in [0, 0.05) is 26.4 Å². The molecule has 0 bridgehead atoms. The first kappa shape index (κ1) is 25.1. The van der Waals surface area contributed by atoms with E-state index in [2.05, 4.69) is 45.5 Å². The first-order valence-corrected chi connectivity index (χ1v) is 16.4. The van der Waals surface area contributed by atoms with Crippen molar-refractivity contribution in [2.24, 2.45) is 0 Å². The standard InChI is InChI=1S/C23H28BrClN4O5Si/c1-35(2,3)7-6-31-12-29-22-15(8-14(25)19(28-22)13-4-5-18(24)26-9-13)27-23(29)34-17-11-33-20-16(30)10-32-21(17)20/h4-5,8-9,16-17,20-21,30H,6-7,10-12H2,1-3H3. The highest BCUT2D eigenvalue weighted by Gasteiger charge is 2.49. The molecule has 2 aliphatic heterocycles. The highest BCUT2D eigenvalue weighted by Crippen LogP contribution is 2.34. The Labute approximate surface area is 217 Å². The SMILES string of the molecule is C[Si](C)(C)CCOCn1c(OC2COC3C(O)COC23)nc2cc(Cl)c(-c3ccc(Br)nc3)nc21. The predicted octanol–water partition coefficient (Wildman–Crippen LogP) is 4.13. The molecular formula is C23H28BrClN4O5Si. The number of ether oxygens (including phenoxy) is 4. The molecule has 4 unspecified atom stereocenters. The fraction of sp³-hybridized carbons (Fsp3) is 0.522. The first-order chi connectivity index (χ1) is 16.7. The average molecular weight is 584 g/mol. The van der Waals surface area contributed by atoms with Gasteiger partial charge in [-0.3, -0.25) is 4.57 Å². The summed E-state index contributed by atoms with van der Waals surface area (Å²) in [6.45, 7) is 8.33. The van der Waals surface area contributed by atoms with Crippen molar-refractivity contribution in [1.82, 2.24) is 19.5 Å². The highest BCUT2D eigenvalue weighted by molar-refractivity contribution is 9.10. The second-order valence-corrected chi connectivity index (χ2v) is 16.9. The molecule has 3 aromatic heterocycles. The summed E-state index contributed by atoms with van der Waals surface area (Å²) in [5, 5.41) is 10.5. The van der Waals surface area contributed by atoms with E-state index in [0.29, 0.717) is 41.1 Å². The van der Waals surface area contributed by atoms with Gasteiger partial charge in [0.25, 0.3) is 0 Å². The summed E-state index contributed by atoms with van der Waals surface area (Å²) in [4.78, 5) is 13.8. The topological polar surface area (TPSA) is 101 Å². The van der Waals surface area contributed by atoms with Crippen LogP contribution in [0, 0.1) is 0 Å². The average Bonchev–Trinajstić information content (AvgIpc) is 3.46. The summed E-state index contributed by atoms with van der Waals surface area (Å²) in [7, 11) is -1.24. The molecule has 2 saturated heterocycles. The minimum absolute atomic E-state index is 0.229. The smallest absolute Gasteiger partial charge is 0.301 e. The molecule has 0 aromatic carbocycles. The normalized spacial score (nSPS) is 24.3. The Hall–Kier alpha value is -1.60. The number of halogens is 2. The van der Waals surface area contributed by atoms with Gasteiger partial charge in [-0.05, 0) is 40.2 Å². The minimum atomic E-state index is -1.24. The molecule has 5 rings (SSSR count). The van der Waals surface area contributed by atoms with E-state index in [-0.39, 0.29) is 19.4 Å². The van der Waals surface area contributed by atoms with Crippen molar-refractivity contribution in [1.29, 1.82) is 0 Å². The third kappa shape index (κ3) is 5.41. The van der Waals surface area contributed by atoms with Crippen molar-refractivity contribution in [3.05, 3.63) is 34.0 Å². The molecule has 35 heavy (non-hydrogen) atoms. The lowest BCUT2D eigenvalue weighted by atomic mass is 10.1. The lowest BCUT2D eigenvalue weighted by Gasteiger charge is -2.19. The monoisotopic (exact) mass is 582 g/mol. The number of fused-ring (bicyclic) bond motifs is 2. The number of aromatic nitrogens is 4. The molecule has 2 fully saturated rings. The van der Waals surface area contributed by atoms with Gasteiger partial charge in [-0.25, -0.2) is 9.97 Å². The molecule has 0 aliphatic carbocycles. The molecule has 1 N–H and O–H groups in total. The van der Waals surface area contributed by atoms with Crippen LogP contribution in [0.5, 0.6) is 6.01 Å². The van der Waals surface area contributed by atoms with Crippen molar-refractivity contribution in [2.45, 2.75) is 56.8 Å². The zero-order chi connectivity index (χ0) is 24.7. The van der Waals surface area contributed by atoms with Crippen molar-refractivity contribution in [3.8, 4) is 17.3 Å². The number of aliphatic hydroxyl groups excluding tert-OH is 1. The zero-order valence-corrected chi connectivity index (χ0v) is 23.1. The van der Waals surface area contributed by atoms with E-state index in [1.54, 1.807) is 12.3 Å². The van der Waals surface area contributed by atoms with Crippen molar-refractivity contribution in [2.75, 3.05) is 19.8 Å². The molecule has 9 nitrogen and oxygen atoms in total. The molecule has 0 amide bonds. The molecule has 0 spiro atoms. The van der Waals surface area contributed by atoms with Gasteiger partial charge >= 0.3 is 6.01 Å². The highest BCUT2D eigenvalue weighted by atomic mass is 79.9. The fourth-order valence-corrected chi connectivity index (χ4v) is 5.39. The van der Waals surface area contributed by atoms with Crippen LogP contribution in [0.25, 0.3) is 22.4 Å². The lowest BCUT2D eigenvalue weighted by molar-refractivity contribution is 0.00336. The Bertz CT molecular complexity index is 1210. The summed E-state index contributed by atoms with van der Waals surface area (Å²) < 4.78 is 26.3. The van der Waals surface area contributed by atoms with Crippen molar-refractivity contribution < 1.29 is 24.1 Å². The quantitative estimate of drug-likeness (QED) is 0.240. The van der Waals surface area contributed by atoms with Gasteiger partial charge in [0.2, 0.25) is 0 Å². The van der Waals surface area contributed by atoms with Crippen LogP contribution in [-0.2, 0) is 20.9 Å². The molecule has 188 valence electrons. The fourth-order valence-electron chi connectivity index (χ4n) is 4.14. The maximum Gasteiger partial charge on any atom is 0.301 e. The molecule has 5 heterocycles. The van der Waals surface area contributed by atoms with E-state index in [9.17, 15) is 5.11 Å².